The monoisotopic (exact) mass is 726 g/mol. The maximum Gasteiger partial charge on any atom is 0.238 e. The molecule has 0 saturated heterocycles. The fourth-order valence-corrected chi connectivity index (χ4v) is 8.36. The van der Waals surface area contributed by atoms with Crippen LogP contribution in [0.3, 0.4) is 0 Å². The van der Waals surface area contributed by atoms with Crippen molar-refractivity contribution in [3.63, 3.8) is 0 Å². The molecule has 57 heavy (non-hydrogen) atoms. The maximum atomic E-state index is 5.26. The van der Waals surface area contributed by atoms with Crippen molar-refractivity contribution in [2.75, 3.05) is 0 Å². The molecule has 0 amide bonds. The minimum atomic E-state index is 0.578. The fraction of sp³-hybridized carbons (Fsp3) is 0. The first-order chi connectivity index (χ1) is 28.3. The van der Waals surface area contributed by atoms with Crippen LogP contribution in [0.5, 0.6) is 0 Å². The summed E-state index contributed by atoms with van der Waals surface area (Å²) in [6.45, 7) is 0. The Labute approximate surface area is 330 Å². The molecule has 11 rings (SSSR count). The van der Waals surface area contributed by atoms with E-state index in [0.717, 1.165) is 38.7 Å². The molecule has 0 aliphatic rings. The van der Waals surface area contributed by atoms with Gasteiger partial charge in [0.05, 0.1) is 11.0 Å². The van der Waals surface area contributed by atoms with Crippen molar-refractivity contribution in [1.82, 2.24) is 19.5 Å². The molecule has 0 saturated carbocycles. The summed E-state index contributed by atoms with van der Waals surface area (Å²) in [6.07, 6.45) is 0. The molecule has 4 heteroatoms. The number of benzene rings is 9. The number of hydrogen-bond donors (Lipinski definition) is 0. The Hall–Kier alpha value is -7.69. The molecule has 0 N–H and O–H groups in total. The van der Waals surface area contributed by atoms with E-state index in [1.807, 2.05) is 6.07 Å². The summed E-state index contributed by atoms with van der Waals surface area (Å²) < 4.78 is 2.19. The molecule has 2 aromatic heterocycles. The number of aromatic nitrogens is 4. The molecule has 0 radical (unpaired) electrons. The lowest BCUT2D eigenvalue weighted by molar-refractivity contribution is 0.953. The van der Waals surface area contributed by atoms with Gasteiger partial charge in [0.25, 0.3) is 0 Å². The van der Waals surface area contributed by atoms with Gasteiger partial charge in [-0.25, -0.2) is 4.98 Å². The fourth-order valence-electron chi connectivity index (χ4n) is 8.36. The predicted molar refractivity (Wildman–Crippen MR) is 236 cm³/mol. The molecule has 0 aliphatic heterocycles. The van der Waals surface area contributed by atoms with E-state index in [0.29, 0.717) is 17.6 Å². The lowest BCUT2D eigenvalue weighted by Gasteiger charge is -2.14. The summed E-state index contributed by atoms with van der Waals surface area (Å²) in [6, 6.07) is 72.8. The predicted octanol–water partition coefficient (Wildman–Crippen LogP) is 13.6. The molecule has 11 aromatic rings. The van der Waals surface area contributed by atoms with Crippen LogP contribution in [0.25, 0.3) is 105 Å². The molecule has 0 bridgehead atoms. The molecule has 0 atom stereocenters. The standard InChI is InChI=1S/C53H34N4/c1-3-13-35(14-4-1)36-25-29-41(30-26-36)51-54-52(56-53(55-51)57-47-24-10-9-21-46(47)50-45-20-8-7-17-38(45)33-34-48(50)57)42-31-27-39(28-32-42)44-23-12-19-40-18-11-22-43(49(40)44)37-15-5-2-6-16-37/h1-34H. The third-order valence-corrected chi connectivity index (χ3v) is 11.1. The second-order valence-electron chi connectivity index (χ2n) is 14.4. The van der Waals surface area contributed by atoms with Crippen LogP contribution in [0.2, 0.25) is 0 Å². The zero-order valence-corrected chi connectivity index (χ0v) is 30.9. The van der Waals surface area contributed by atoms with Gasteiger partial charge >= 0.3 is 0 Å². The highest BCUT2D eigenvalue weighted by Gasteiger charge is 2.19. The third kappa shape index (κ3) is 5.66. The lowest BCUT2D eigenvalue weighted by Crippen LogP contribution is -2.06. The summed E-state index contributed by atoms with van der Waals surface area (Å²) in [5, 5.41) is 7.20. The van der Waals surface area contributed by atoms with Crippen molar-refractivity contribution in [2.24, 2.45) is 0 Å². The molecule has 9 aromatic carbocycles. The molecule has 0 spiro atoms. The summed E-state index contributed by atoms with van der Waals surface area (Å²) >= 11 is 0. The third-order valence-electron chi connectivity index (χ3n) is 11.1. The highest BCUT2D eigenvalue weighted by atomic mass is 15.2. The van der Waals surface area contributed by atoms with Crippen LogP contribution < -0.4 is 0 Å². The smallest absolute Gasteiger partial charge is 0.238 e. The number of hydrogen-bond acceptors (Lipinski definition) is 3. The Morgan fingerprint density at radius 2 is 0.772 bits per heavy atom. The highest BCUT2D eigenvalue weighted by molar-refractivity contribution is 6.21. The van der Waals surface area contributed by atoms with E-state index in [2.05, 4.69) is 205 Å². The molecule has 4 nitrogen and oxygen atoms in total. The molecule has 2 heterocycles. The highest BCUT2D eigenvalue weighted by Crippen LogP contribution is 2.39. The number of para-hydroxylation sites is 1. The Morgan fingerprint density at radius 3 is 1.44 bits per heavy atom. The molecule has 266 valence electrons. The maximum absolute atomic E-state index is 5.26. The summed E-state index contributed by atoms with van der Waals surface area (Å²) in [5.74, 6) is 1.81. The van der Waals surface area contributed by atoms with E-state index in [4.69, 9.17) is 15.0 Å². The van der Waals surface area contributed by atoms with E-state index in [1.165, 1.54) is 49.2 Å². The Kier molecular flexibility index (Phi) is 7.78. The minimum Gasteiger partial charge on any atom is -0.278 e. The largest absolute Gasteiger partial charge is 0.278 e. The molecular weight excluding hydrogens is 693 g/mol. The number of fused-ring (bicyclic) bond motifs is 6. The Morgan fingerprint density at radius 1 is 0.281 bits per heavy atom. The number of nitrogens with zero attached hydrogens (tertiary/aromatic N) is 4. The number of rotatable bonds is 6. The quantitative estimate of drug-likeness (QED) is 0.171. The van der Waals surface area contributed by atoms with Gasteiger partial charge in [-0.3, -0.25) is 4.57 Å². The zero-order valence-electron chi connectivity index (χ0n) is 30.9. The van der Waals surface area contributed by atoms with Gasteiger partial charge in [0.15, 0.2) is 11.6 Å². The van der Waals surface area contributed by atoms with E-state index in [-0.39, 0.29) is 0 Å². The van der Waals surface area contributed by atoms with Crippen LogP contribution in [0.15, 0.2) is 206 Å². The summed E-state index contributed by atoms with van der Waals surface area (Å²) in [7, 11) is 0. The van der Waals surface area contributed by atoms with E-state index < -0.39 is 0 Å². The van der Waals surface area contributed by atoms with Gasteiger partial charge in [-0.15, -0.1) is 0 Å². The van der Waals surface area contributed by atoms with Gasteiger partial charge in [0.2, 0.25) is 5.95 Å². The van der Waals surface area contributed by atoms with Gasteiger partial charge in [0, 0.05) is 21.9 Å². The average molecular weight is 727 g/mol. The molecule has 0 unspecified atom stereocenters. The van der Waals surface area contributed by atoms with Gasteiger partial charge in [-0.1, -0.05) is 194 Å². The second kappa shape index (κ2) is 13.6. The SMILES string of the molecule is c1ccc(-c2ccc(-c3nc(-c4ccc(-c5cccc6cccc(-c7ccccc7)c56)cc4)nc(-n4c5ccccc5c5c6ccccc6ccc54)n3)cc2)cc1. The average Bonchev–Trinajstić information content (AvgIpc) is 3.64. The van der Waals surface area contributed by atoms with Crippen LogP contribution in [-0.4, -0.2) is 19.5 Å². The van der Waals surface area contributed by atoms with Crippen LogP contribution in [-0.2, 0) is 0 Å². The van der Waals surface area contributed by atoms with Crippen molar-refractivity contribution in [3.8, 4) is 62.1 Å². The zero-order chi connectivity index (χ0) is 37.7. The van der Waals surface area contributed by atoms with E-state index in [9.17, 15) is 0 Å². The first-order valence-corrected chi connectivity index (χ1v) is 19.3. The van der Waals surface area contributed by atoms with Gasteiger partial charge in [-0.05, 0) is 67.1 Å². The molecular formula is C53H34N4. The van der Waals surface area contributed by atoms with Crippen molar-refractivity contribution in [1.29, 1.82) is 0 Å². The lowest BCUT2D eigenvalue weighted by atomic mass is 9.91. The van der Waals surface area contributed by atoms with Crippen molar-refractivity contribution in [2.45, 2.75) is 0 Å². The first-order valence-electron chi connectivity index (χ1n) is 19.3. The summed E-state index contributed by atoms with van der Waals surface area (Å²) in [4.78, 5) is 15.7. The molecule has 0 fully saturated rings. The van der Waals surface area contributed by atoms with Crippen molar-refractivity contribution in [3.05, 3.63) is 206 Å². The van der Waals surface area contributed by atoms with Gasteiger partial charge in [0.1, 0.15) is 0 Å². The summed E-state index contributed by atoms with van der Waals surface area (Å²) in [5.41, 5.74) is 11.0. The molecule has 0 aliphatic carbocycles. The van der Waals surface area contributed by atoms with Crippen LogP contribution in [0, 0.1) is 0 Å². The topological polar surface area (TPSA) is 43.6 Å². The normalized spacial score (nSPS) is 11.5. The Balaban J connectivity index is 1.09. The van der Waals surface area contributed by atoms with Crippen LogP contribution in [0.1, 0.15) is 0 Å². The first kappa shape index (κ1) is 32.7. The van der Waals surface area contributed by atoms with E-state index in [1.54, 1.807) is 0 Å². The minimum absolute atomic E-state index is 0.578. The van der Waals surface area contributed by atoms with Crippen LogP contribution >= 0.6 is 0 Å². The Bertz CT molecular complexity index is 3250. The van der Waals surface area contributed by atoms with Crippen LogP contribution in [0.4, 0.5) is 0 Å². The van der Waals surface area contributed by atoms with Crippen molar-refractivity contribution >= 4 is 43.4 Å². The van der Waals surface area contributed by atoms with Gasteiger partial charge in [-0.2, -0.15) is 9.97 Å². The van der Waals surface area contributed by atoms with Crippen molar-refractivity contribution < 1.29 is 0 Å². The van der Waals surface area contributed by atoms with Gasteiger partial charge < -0.3 is 0 Å². The van der Waals surface area contributed by atoms with E-state index >= 15 is 0 Å². The second-order valence-corrected chi connectivity index (χ2v) is 14.4.